The largest absolute Gasteiger partial charge is 0.477 e. The van der Waals surface area contributed by atoms with Crippen molar-refractivity contribution in [2.24, 2.45) is 0 Å². The molecule has 108 valence electrons. The average molecular weight is 287 g/mol. The van der Waals surface area contributed by atoms with Crippen molar-refractivity contribution < 1.29 is 14.8 Å². The van der Waals surface area contributed by atoms with Crippen molar-refractivity contribution in [1.29, 1.82) is 0 Å². The van der Waals surface area contributed by atoms with Gasteiger partial charge in [0, 0.05) is 18.8 Å². The molecule has 7 heteroatoms. The van der Waals surface area contributed by atoms with Gasteiger partial charge in [0.1, 0.15) is 17.6 Å². The molecule has 1 aromatic heterocycles. The van der Waals surface area contributed by atoms with E-state index in [1.54, 1.807) is 11.9 Å². The zero-order valence-corrected chi connectivity index (χ0v) is 11.5. The molecule has 1 heterocycles. The van der Waals surface area contributed by atoms with Crippen LogP contribution in [0.5, 0.6) is 0 Å². The SMILES string of the molecule is Cc1ccc(N(C)c2cc(C(=O)O)c([N+](=O)[O-])cn2)cc1. The molecule has 0 aliphatic heterocycles. The molecule has 2 aromatic rings. The molecule has 0 spiro atoms. The van der Waals surface area contributed by atoms with Crippen molar-refractivity contribution >= 4 is 23.2 Å². The second-order valence-corrected chi connectivity index (χ2v) is 4.52. The van der Waals surface area contributed by atoms with E-state index in [1.165, 1.54) is 6.07 Å². The quantitative estimate of drug-likeness (QED) is 0.686. The third-order valence-corrected chi connectivity index (χ3v) is 3.06. The maximum absolute atomic E-state index is 11.1. The van der Waals surface area contributed by atoms with E-state index in [4.69, 9.17) is 5.11 Å². The fraction of sp³-hybridized carbons (Fsp3) is 0.143. The predicted octanol–water partition coefficient (Wildman–Crippen LogP) is 2.76. The van der Waals surface area contributed by atoms with Gasteiger partial charge in [0.05, 0.1) is 4.92 Å². The Balaban J connectivity index is 2.44. The van der Waals surface area contributed by atoms with Crippen LogP contribution in [0.25, 0.3) is 0 Å². The molecule has 0 aliphatic rings. The molecular weight excluding hydrogens is 274 g/mol. The number of hydrogen-bond acceptors (Lipinski definition) is 5. The molecule has 0 bridgehead atoms. The summed E-state index contributed by atoms with van der Waals surface area (Å²) in [5.41, 5.74) is 0.987. The van der Waals surface area contributed by atoms with Gasteiger partial charge in [-0.05, 0) is 19.1 Å². The van der Waals surface area contributed by atoms with Crippen molar-refractivity contribution in [3.05, 3.63) is 57.8 Å². The molecule has 0 aliphatic carbocycles. The first kappa shape index (κ1) is 14.4. The summed E-state index contributed by atoms with van der Waals surface area (Å²) in [5, 5.41) is 19.9. The number of anilines is 2. The highest BCUT2D eigenvalue weighted by atomic mass is 16.6. The van der Waals surface area contributed by atoms with Crippen molar-refractivity contribution in [2.75, 3.05) is 11.9 Å². The lowest BCUT2D eigenvalue weighted by Gasteiger charge is -2.18. The minimum atomic E-state index is -1.36. The Morgan fingerprint density at radius 2 is 1.95 bits per heavy atom. The molecule has 0 amide bonds. The van der Waals surface area contributed by atoms with E-state index in [9.17, 15) is 14.9 Å². The highest BCUT2D eigenvalue weighted by molar-refractivity contribution is 5.93. The van der Waals surface area contributed by atoms with E-state index >= 15 is 0 Å². The van der Waals surface area contributed by atoms with Gasteiger partial charge in [0.2, 0.25) is 0 Å². The summed E-state index contributed by atoms with van der Waals surface area (Å²) in [6, 6.07) is 8.74. The molecule has 7 nitrogen and oxygen atoms in total. The van der Waals surface area contributed by atoms with E-state index in [2.05, 4.69) is 4.98 Å². The predicted molar refractivity (Wildman–Crippen MR) is 77.1 cm³/mol. The summed E-state index contributed by atoms with van der Waals surface area (Å²) in [6.07, 6.45) is 0.962. The second kappa shape index (κ2) is 5.58. The number of carbonyl (C=O) groups is 1. The topological polar surface area (TPSA) is 96.6 Å². The minimum absolute atomic E-state index is 0.321. The number of carboxylic acids is 1. The maximum Gasteiger partial charge on any atom is 0.342 e. The first-order valence-electron chi connectivity index (χ1n) is 6.08. The Labute approximate surface area is 120 Å². The first-order valence-corrected chi connectivity index (χ1v) is 6.08. The Hall–Kier alpha value is -2.96. The van der Waals surface area contributed by atoms with Gasteiger partial charge in [-0.1, -0.05) is 17.7 Å². The first-order chi connectivity index (χ1) is 9.90. The molecular formula is C14H13N3O4. The van der Waals surface area contributed by atoms with Gasteiger partial charge in [0.15, 0.2) is 0 Å². The Morgan fingerprint density at radius 3 is 2.48 bits per heavy atom. The molecule has 0 unspecified atom stereocenters. The fourth-order valence-electron chi connectivity index (χ4n) is 1.84. The summed E-state index contributed by atoms with van der Waals surface area (Å²) in [5.74, 6) is -1.04. The third-order valence-electron chi connectivity index (χ3n) is 3.06. The highest BCUT2D eigenvalue weighted by Gasteiger charge is 2.22. The molecule has 1 aromatic carbocycles. The number of benzene rings is 1. The summed E-state index contributed by atoms with van der Waals surface area (Å²) < 4.78 is 0. The van der Waals surface area contributed by atoms with Gasteiger partial charge in [-0.2, -0.15) is 0 Å². The number of hydrogen-bond donors (Lipinski definition) is 1. The maximum atomic E-state index is 11.1. The van der Waals surface area contributed by atoms with Crippen molar-refractivity contribution in [2.45, 2.75) is 6.92 Å². The molecule has 1 N–H and O–H groups in total. The summed E-state index contributed by atoms with van der Waals surface area (Å²) in [7, 11) is 1.71. The van der Waals surface area contributed by atoms with Crippen LogP contribution in [0.3, 0.4) is 0 Å². The zero-order valence-electron chi connectivity index (χ0n) is 11.5. The van der Waals surface area contributed by atoms with Crippen LogP contribution in [0.2, 0.25) is 0 Å². The van der Waals surface area contributed by atoms with Crippen LogP contribution in [-0.4, -0.2) is 28.0 Å². The van der Waals surface area contributed by atoms with Crippen molar-refractivity contribution in [3.63, 3.8) is 0 Å². The number of nitrogens with zero attached hydrogens (tertiary/aromatic N) is 3. The lowest BCUT2D eigenvalue weighted by atomic mass is 10.2. The lowest BCUT2D eigenvalue weighted by molar-refractivity contribution is -0.385. The van der Waals surface area contributed by atoms with E-state index < -0.39 is 16.6 Å². The van der Waals surface area contributed by atoms with Gasteiger partial charge in [-0.25, -0.2) is 9.78 Å². The molecule has 0 atom stereocenters. The number of nitro groups is 1. The average Bonchev–Trinajstić information content (AvgIpc) is 2.46. The van der Waals surface area contributed by atoms with Crippen LogP contribution in [0.1, 0.15) is 15.9 Å². The van der Waals surface area contributed by atoms with Gasteiger partial charge in [0.25, 0.3) is 0 Å². The number of aryl methyl sites for hydroxylation is 1. The number of rotatable bonds is 4. The van der Waals surface area contributed by atoms with Crippen LogP contribution >= 0.6 is 0 Å². The lowest BCUT2D eigenvalue weighted by Crippen LogP contribution is -2.13. The minimum Gasteiger partial charge on any atom is -0.477 e. The summed E-state index contributed by atoms with van der Waals surface area (Å²) in [4.78, 5) is 26.8. The van der Waals surface area contributed by atoms with Gasteiger partial charge < -0.3 is 10.0 Å². The number of aromatic nitrogens is 1. The molecule has 21 heavy (non-hydrogen) atoms. The van der Waals surface area contributed by atoms with Crippen LogP contribution in [0.4, 0.5) is 17.2 Å². The Kier molecular flexibility index (Phi) is 3.84. The monoisotopic (exact) mass is 287 g/mol. The van der Waals surface area contributed by atoms with Crippen LogP contribution in [0, 0.1) is 17.0 Å². The van der Waals surface area contributed by atoms with E-state index in [0.29, 0.717) is 5.82 Å². The molecule has 0 saturated carbocycles. The van der Waals surface area contributed by atoms with Crippen LogP contribution in [-0.2, 0) is 0 Å². The number of pyridine rings is 1. The second-order valence-electron chi connectivity index (χ2n) is 4.52. The zero-order chi connectivity index (χ0) is 15.6. The standard InChI is InChI=1S/C14H13N3O4/c1-9-3-5-10(6-4-9)16(2)13-7-11(14(18)19)12(8-15-13)17(20)21/h3-8H,1-2H3,(H,18,19). The van der Waals surface area contributed by atoms with E-state index in [0.717, 1.165) is 17.4 Å². The molecule has 0 radical (unpaired) electrons. The summed E-state index contributed by atoms with van der Waals surface area (Å²) in [6.45, 7) is 1.95. The van der Waals surface area contributed by atoms with Crippen molar-refractivity contribution in [1.82, 2.24) is 4.98 Å². The summed E-state index contributed by atoms with van der Waals surface area (Å²) >= 11 is 0. The third kappa shape index (κ3) is 2.97. The van der Waals surface area contributed by atoms with Crippen LogP contribution in [0.15, 0.2) is 36.5 Å². The van der Waals surface area contributed by atoms with Crippen LogP contribution < -0.4 is 4.90 Å². The van der Waals surface area contributed by atoms with Gasteiger partial charge in [-0.3, -0.25) is 10.1 Å². The highest BCUT2D eigenvalue weighted by Crippen LogP contribution is 2.26. The Morgan fingerprint density at radius 1 is 1.33 bits per heavy atom. The molecule has 0 fully saturated rings. The van der Waals surface area contributed by atoms with E-state index in [-0.39, 0.29) is 5.56 Å². The molecule has 2 rings (SSSR count). The van der Waals surface area contributed by atoms with Crippen molar-refractivity contribution in [3.8, 4) is 0 Å². The van der Waals surface area contributed by atoms with E-state index in [1.807, 2.05) is 31.2 Å². The number of aromatic carboxylic acids is 1. The fourth-order valence-corrected chi connectivity index (χ4v) is 1.84. The Bertz CT molecular complexity index is 698. The smallest absolute Gasteiger partial charge is 0.342 e. The number of carboxylic acid groups (broad SMARTS) is 1. The normalized spacial score (nSPS) is 10.2. The molecule has 0 saturated heterocycles. The van der Waals surface area contributed by atoms with Gasteiger partial charge >= 0.3 is 11.7 Å². The van der Waals surface area contributed by atoms with Gasteiger partial charge in [-0.15, -0.1) is 0 Å².